The van der Waals surface area contributed by atoms with Crippen LogP contribution < -0.4 is 0 Å². The quantitative estimate of drug-likeness (QED) is 0.798. The molecule has 1 fully saturated rings. The molecule has 0 bridgehead atoms. The zero-order valence-electron chi connectivity index (χ0n) is 12.1. The van der Waals surface area contributed by atoms with Crippen LogP contribution in [-0.4, -0.2) is 34.7 Å². The highest BCUT2D eigenvalue weighted by Gasteiger charge is 2.37. The van der Waals surface area contributed by atoms with Crippen LogP contribution in [0.4, 0.5) is 18.0 Å². The number of hydrogen-bond donors (Lipinski definition) is 0. The Morgan fingerprint density at radius 1 is 1.33 bits per heavy atom. The average Bonchev–Trinajstić information content (AvgIpc) is 2.23. The number of likely N-dealkylation sites (tertiary alicyclic amines) is 1. The van der Waals surface area contributed by atoms with Crippen molar-refractivity contribution in [3.63, 3.8) is 0 Å². The number of rotatable bonds is 1. The normalized spacial score (nSPS) is 16.6. The summed E-state index contributed by atoms with van der Waals surface area (Å²) in [6.45, 7) is 6.01. The van der Waals surface area contributed by atoms with Crippen LogP contribution >= 0.6 is 0 Å². The molecular formula is C14H17F3N2O2. The molecule has 1 aromatic heterocycles. The van der Waals surface area contributed by atoms with E-state index in [2.05, 4.69) is 4.98 Å². The number of carbonyl (C=O) groups is 1. The van der Waals surface area contributed by atoms with Gasteiger partial charge in [-0.05, 0) is 38.5 Å². The summed E-state index contributed by atoms with van der Waals surface area (Å²) in [7, 11) is 0. The minimum absolute atomic E-state index is 0.110. The van der Waals surface area contributed by atoms with Crippen LogP contribution in [0.25, 0.3) is 0 Å². The second-order valence-corrected chi connectivity index (χ2v) is 6.05. The summed E-state index contributed by atoms with van der Waals surface area (Å²) >= 11 is 0. The minimum Gasteiger partial charge on any atom is -0.444 e. The standard InChI is InChI=1S/C14H17F3N2O2/c1-13(2,3)21-12(20)19-7-10(8-19)9-4-5-18-11(6-9)14(15,16)17/h4-6,10H,7-8H2,1-3H3. The SMILES string of the molecule is CC(C)(C)OC(=O)N1CC(c2ccnc(C(F)(F)F)c2)C1. The van der Waals surface area contributed by atoms with Gasteiger partial charge in [-0.1, -0.05) is 0 Å². The molecule has 0 aromatic carbocycles. The number of nitrogens with zero attached hydrogens (tertiary/aromatic N) is 2. The average molecular weight is 302 g/mol. The van der Waals surface area contributed by atoms with Crippen molar-refractivity contribution >= 4 is 6.09 Å². The van der Waals surface area contributed by atoms with E-state index in [1.165, 1.54) is 4.90 Å². The summed E-state index contributed by atoms with van der Waals surface area (Å²) in [4.78, 5) is 16.6. The van der Waals surface area contributed by atoms with Crippen molar-refractivity contribution in [1.29, 1.82) is 0 Å². The number of hydrogen-bond acceptors (Lipinski definition) is 3. The molecular weight excluding hydrogens is 285 g/mol. The second-order valence-electron chi connectivity index (χ2n) is 6.05. The first-order valence-electron chi connectivity index (χ1n) is 6.57. The molecule has 1 amide bonds. The summed E-state index contributed by atoms with van der Waals surface area (Å²) in [5, 5.41) is 0. The summed E-state index contributed by atoms with van der Waals surface area (Å²) in [6.07, 6.45) is -3.75. The Labute approximate surface area is 120 Å². The molecule has 0 N–H and O–H groups in total. The third kappa shape index (κ3) is 3.86. The molecule has 0 spiro atoms. The lowest BCUT2D eigenvalue weighted by Crippen LogP contribution is -2.50. The van der Waals surface area contributed by atoms with Gasteiger partial charge in [0.1, 0.15) is 11.3 Å². The Balaban J connectivity index is 1.97. The molecule has 116 valence electrons. The third-order valence-corrected chi connectivity index (χ3v) is 3.08. The van der Waals surface area contributed by atoms with Crippen LogP contribution in [0, 0.1) is 0 Å². The molecule has 2 rings (SSSR count). The van der Waals surface area contributed by atoms with Crippen molar-refractivity contribution in [3.8, 4) is 0 Å². The number of amides is 1. The van der Waals surface area contributed by atoms with Crippen molar-refractivity contribution in [2.75, 3.05) is 13.1 Å². The fraction of sp³-hybridized carbons (Fsp3) is 0.571. The first-order valence-corrected chi connectivity index (χ1v) is 6.57. The van der Waals surface area contributed by atoms with Gasteiger partial charge in [0, 0.05) is 25.2 Å². The van der Waals surface area contributed by atoms with Gasteiger partial charge in [0.15, 0.2) is 0 Å². The van der Waals surface area contributed by atoms with Crippen molar-refractivity contribution in [2.45, 2.75) is 38.5 Å². The highest BCUT2D eigenvalue weighted by molar-refractivity contribution is 5.69. The fourth-order valence-electron chi connectivity index (χ4n) is 2.02. The highest BCUT2D eigenvalue weighted by atomic mass is 19.4. The van der Waals surface area contributed by atoms with E-state index in [0.717, 1.165) is 12.3 Å². The molecule has 1 aromatic rings. The van der Waals surface area contributed by atoms with Crippen LogP contribution in [-0.2, 0) is 10.9 Å². The minimum atomic E-state index is -4.45. The predicted molar refractivity (Wildman–Crippen MR) is 69.8 cm³/mol. The van der Waals surface area contributed by atoms with Gasteiger partial charge >= 0.3 is 12.3 Å². The smallest absolute Gasteiger partial charge is 0.433 e. The van der Waals surface area contributed by atoms with E-state index < -0.39 is 23.6 Å². The molecule has 0 radical (unpaired) electrons. The van der Waals surface area contributed by atoms with Crippen LogP contribution in [0.15, 0.2) is 18.3 Å². The topological polar surface area (TPSA) is 42.4 Å². The Bertz CT molecular complexity index is 532. The second kappa shape index (κ2) is 5.20. The van der Waals surface area contributed by atoms with Gasteiger partial charge < -0.3 is 9.64 Å². The monoisotopic (exact) mass is 302 g/mol. The summed E-state index contributed by atoms with van der Waals surface area (Å²) in [6, 6.07) is 2.59. The Hall–Kier alpha value is -1.79. The fourth-order valence-corrected chi connectivity index (χ4v) is 2.02. The molecule has 4 nitrogen and oxygen atoms in total. The van der Waals surface area contributed by atoms with E-state index in [-0.39, 0.29) is 5.92 Å². The van der Waals surface area contributed by atoms with Gasteiger partial charge in [-0.2, -0.15) is 13.2 Å². The maximum absolute atomic E-state index is 12.6. The van der Waals surface area contributed by atoms with Crippen molar-refractivity contribution in [1.82, 2.24) is 9.88 Å². The highest BCUT2D eigenvalue weighted by Crippen LogP contribution is 2.32. The number of carbonyl (C=O) groups excluding carboxylic acids is 1. The van der Waals surface area contributed by atoms with E-state index in [1.807, 2.05) is 0 Å². The largest absolute Gasteiger partial charge is 0.444 e. The van der Waals surface area contributed by atoms with Gasteiger partial charge in [-0.25, -0.2) is 4.79 Å². The Morgan fingerprint density at radius 2 is 1.95 bits per heavy atom. The molecule has 1 aliphatic rings. The number of aromatic nitrogens is 1. The molecule has 7 heteroatoms. The van der Waals surface area contributed by atoms with Gasteiger partial charge in [-0.15, -0.1) is 0 Å². The third-order valence-electron chi connectivity index (χ3n) is 3.08. The number of alkyl halides is 3. The maximum Gasteiger partial charge on any atom is 0.433 e. The van der Waals surface area contributed by atoms with E-state index in [4.69, 9.17) is 4.74 Å². The van der Waals surface area contributed by atoms with Gasteiger partial charge in [0.2, 0.25) is 0 Å². The molecule has 0 atom stereocenters. The van der Waals surface area contributed by atoms with Crippen molar-refractivity contribution in [2.24, 2.45) is 0 Å². The predicted octanol–water partition coefficient (Wildman–Crippen LogP) is 3.43. The zero-order chi connectivity index (χ0) is 15.8. The van der Waals surface area contributed by atoms with Crippen molar-refractivity contribution < 1.29 is 22.7 Å². The lowest BCUT2D eigenvalue weighted by molar-refractivity contribution is -0.141. The van der Waals surface area contributed by atoms with E-state index in [9.17, 15) is 18.0 Å². The lowest BCUT2D eigenvalue weighted by atomic mass is 9.92. The summed E-state index contributed by atoms with van der Waals surface area (Å²) in [5.74, 6) is -0.110. The summed E-state index contributed by atoms with van der Waals surface area (Å²) in [5.41, 5.74) is -0.949. The number of pyridine rings is 1. The molecule has 21 heavy (non-hydrogen) atoms. The van der Waals surface area contributed by atoms with Gasteiger partial charge in [-0.3, -0.25) is 4.98 Å². The van der Waals surface area contributed by atoms with Gasteiger partial charge in [0.25, 0.3) is 0 Å². The first-order chi connectivity index (χ1) is 9.56. The van der Waals surface area contributed by atoms with Gasteiger partial charge in [0.05, 0.1) is 0 Å². The van der Waals surface area contributed by atoms with E-state index in [0.29, 0.717) is 18.7 Å². The number of ether oxygens (including phenoxy) is 1. The molecule has 1 saturated heterocycles. The molecule has 1 aliphatic heterocycles. The van der Waals surface area contributed by atoms with Crippen LogP contribution in [0.3, 0.4) is 0 Å². The van der Waals surface area contributed by atoms with E-state index in [1.54, 1.807) is 26.8 Å². The molecule has 0 unspecified atom stereocenters. The lowest BCUT2D eigenvalue weighted by Gasteiger charge is -2.40. The van der Waals surface area contributed by atoms with Crippen LogP contribution in [0.5, 0.6) is 0 Å². The van der Waals surface area contributed by atoms with Crippen LogP contribution in [0.2, 0.25) is 0 Å². The first kappa shape index (κ1) is 15.6. The zero-order valence-corrected chi connectivity index (χ0v) is 12.1. The molecule has 0 saturated carbocycles. The van der Waals surface area contributed by atoms with Crippen molar-refractivity contribution in [3.05, 3.63) is 29.6 Å². The molecule has 2 heterocycles. The van der Waals surface area contributed by atoms with E-state index >= 15 is 0 Å². The Morgan fingerprint density at radius 3 is 2.48 bits per heavy atom. The van der Waals surface area contributed by atoms with Crippen LogP contribution in [0.1, 0.15) is 37.9 Å². The maximum atomic E-state index is 12.6. The molecule has 0 aliphatic carbocycles. The summed E-state index contributed by atoms with van der Waals surface area (Å²) < 4.78 is 43.0. The number of halogens is 3. The Kier molecular flexibility index (Phi) is 3.86.